The number of aromatic nitrogens is 2. The molecule has 0 radical (unpaired) electrons. The van der Waals surface area contributed by atoms with E-state index in [9.17, 15) is 5.11 Å². The van der Waals surface area contributed by atoms with Gasteiger partial charge in [0.25, 0.3) is 0 Å². The molecule has 3 heterocycles. The second-order valence-electron chi connectivity index (χ2n) is 7.91. The van der Waals surface area contributed by atoms with Gasteiger partial charge in [-0.2, -0.15) is 5.10 Å². The molecule has 0 saturated carbocycles. The molecule has 1 aromatic heterocycles. The van der Waals surface area contributed by atoms with Gasteiger partial charge in [-0.1, -0.05) is 30.3 Å². The Labute approximate surface area is 156 Å². The standard InChI is InChI=1S/C21H30N4O/c1-17-18(14-22-23(17)2)15-24-13-10-21(26,19-8-4-3-5-9-19)20(16-24)25-11-6-7-12-25/h3-5,8-9,14,20,26H,6-7,10-13,15-16H2,1-2H3. The van der Waals surface area contributed by atoms with Crippen molar-refractivity contribution in [2.24, 2.45) is 7.05 Å². The number of hydrogen-bond donors (Lipinski definition) is 1. The lowest BCUT2D eigenvalue weighted by Crippen LogP contribution is -2.60. The second kappa shape index (κ2) is 7.14. The molecule has 2 aliphatic rings. The lowest BCUT2D eigenvalue weighted by Gasteiger charge is -2.48. The number of likely N-dealkylation sites (tertiary alicyclic amines) is 2. The highest BCUT2D eigenvalue weighted by molar-refractivity contribution is 5.26. The van der Waals surface area contributed by atoms with E-state index in [2.05, 4.69) is 34.0 Å². The molecule has 5 nitrogen and oxygen atoms in total. The zero-order valence-corrected chi connectivity index (χ0v) is 15.9. The van der Waals surface area contributed by atoms with Crippen LogP contribution in [-0.2, 0) is 19.2 Å². The molecule has 2 unspecified atom stereocenters. The minimum Gasteiger partial charge on any atom is -0.383 e. The van der Waals surface area contributed by atoms with E-state index in [1.165, 1.54) is 24.1 Å². The zero-order valence-electron chi connectivity index (χ0n) is 15.9. The van der Waals surface area contributed by atoms with Gasteiger partial charge in [-0.05, 0) is 44.8 Å². The number of nitrogens with zero attached hydrogens (tertiary/aromatic N) is 4. The Bertz CT molecular complexity index is 738. The van der Waals surface area contributed by atoms with Gasteiger partial charge < -0.3 is 5.11 Å². The highest BCUT2D eigenvalue weighted by atomic mass is 16.3. The SMILES string of the molecule is Cc1c(CN2CCC(O)(c3ccccc3)C(N3CCCC3)C2)cnn1C. The van der Waals surface area contributed by atoms with Gasteiger partial charge in [0, 0.05) is 37.9 Å². The number of benzene rings is 1. The van der Waals surface area contributed by atoms with Crippen LogP contribution in [0.25, 0.3) is 0 Å². The summed E-state index contributed by atoms with van der Waals surface area (Å²) >= 11 is 0. The molecule has 2 aromatic rings. The van der Waals surface area contributed by atoms with Gasteiger partial charge in [-0.3, -0.25) is 14.5 Å². The molecule has 0 bridgehead atoms. The van der Waals surface area contributed by atoms with Crippen LogP contribution in [0.3, 0.4) is 0 Å². The first-order valence-electron chi connectivity index (χ1n) is 9.80. The fourth-order valence-corrected chi connectivity index (χ4v) is 4.60. The molecule has 26 heavy (non-hydrogen) atoms. The maximum absolute atomic E-state index is 11.7. The highest BCUT2D eigenvalue weighted by Gasteiger charge is 2.46. The second-order valence-corrected chi connectivity index (χ2v) is 7.91. The van der Waals surface area contributed by atoms with E-state index in [0.29, 0.717) is 0 Å². The van der Waals surface area contributed by atoms with Crippen molar-refractivity contribution in [3.05, 3.63) is 53.3 Å². The van der Waals surface area contributed by atoms with E-state index in [-0.39, 0.29) is 6.04 Å². The molecule has 4 rings (SSSR count). The minimum atomic E-state index is -0.758. The van der Waals surface area contributed by atoms with Crippen LogP contribution in [0.1, 0.15) is 36.1 Å². The topological polar surface area (TPSA) is 44.5 Å². The summed E-state index contributed by atoms with van der Waals surface area (Å²) in [6.45, 7) is 7.04. The fraction of sp³-hybridized carbons (Fsp3) is 0.571. The molecule has 140 valence electrons. The molecule has 0 spiro atoms. The average Bonchev–Trinajstić information content (AvgIpc) is 3.30. The Morgan fingerprint density at radius 2 is 1.88 bits per heavy atom. The van der Waals surface area contributed by atoms with Crippen molar-refractivity contribution in [2.75, 3.05) is 26.2 Å². The van der Waals surface area contributed by atoms with E-state index in [1.807, 2.05) is 36.1 Å². The van der Waals surface area contributed by atoms with Crippen molar-refractivity contribution in [3.8, 4) is 0 Å². The Morgan fingerprint density at radius 1 is 1.15 bits per heavy atom. The minimum absolute atomic E-state index is 0.151. The van der Waals surface area contributed by atoms with Gasteiger partial charge in [0.1, 0.15) is 5.60 Å². The van der Waals surface area contributed by atoms with Crippen molar-refractivity contribution in [1.82, 2.24) is 19.6 Å². The monoisotopic (exact) mass is 354 g/mol. The number of hydrogen-bond acceptors (Lipinski definition) is 4. The summed E-state index contributed by atoms with van der Waals surface area (Å²) in [7, 11) is 2.00. The van der Waals surface area contributed by atoms with Crippen LogP contribution in [0.5, 0.6) is 0 Å². The molecule has 0 aliphatic carbocycles. The van der Waals surface area contributed by atoms with Crippen LogP contribution in [0, 0.1) is 6.92 Å². The van der Waals surface area contributed by atoms with Crippen LogP contribution >= 0.6 is 0 Å². The zero-order chi connectivity index (χ0) is 18.1. The largest absolute Gasteiger partial charge is 0.383 e. The average molecular weight is 354 g/mol. The molecule has 0 amide bonds. The summed E-state index contributed by atoms with van der Waals surface area (Å²) in [5.74, 6) is 0. The van der Waals surface area contributed by atoms with Crippen LogP contribution in [0.2, 0.25) is 0 Å². The molecular formula is C21H30N4O. The quantitative estimate of drug-likeness (QED) is 0.915. The Kier molecular flexibility index (Phi) is 4.86. The number of aliphatic hydroxyl groups is 1. The van der Waals surface area contributed by atoms with E-state index < -0.39 is 5.60 Å². The van der Waals surface area contributed by atoms with Crippen LogP contribution in [0.15, 0.2) is 36.5 Å². The molecule has 2 aliphatic heterocycles. The Hall–Kier alpha value is -1.69. The predicted molar refractivity (Wildman–Crippen MR) is 103 cm³/mol. The van der Waals surface area contributed by atoms with Gasteiger partial charge in [-0.25, -0.2) is 0 Å². The molecule has 1 N–H and O–H groups in total. The van der Waals surface area contributed by atoms with E-state index in [0.717, 1.165) is 44.7 Å². The van der Waals surface area contributed by atoms with Crippen molar-refractivity contribution in [2.45, 2.75) is 44.4 Å². The van der Waals surface area contributed by atoms with Crippen LogP contribution in [-0.4, -0.2) is 56.9 Å². The van der Waals surface area contributed by atoms with Gasteiger partial charge in [0.05, 0.1) is 12.2 Å². The van der Waals surface area contributed by atoms with Gasteiger partial charge in [0.15, 0.2) is 0 Å². The maximum atomic E-state index is 11.7. The Balaban J connectivity index is 1.58. The lowest BCUT2D eigenvalue weighted by atomic mass is 9.79. The maximum Gasteiger partial charge on any atom is 0.108 e. The van der Waals surface area contributed by atoms with Crippen molar-refractivity contribution >= 4 is 0 Å². The molecule has 2 atom stereocenters. The van der Waals surface area contributed by atoms with Crippen LogP contribution < -0.4 is 0 Å². The molecular weight excluding hydrogens is 324 g/mol. The van der Waals surface area contributed by atoms with Gasteiger partial charge in [0.2, 0.25) is 0 Å². The summed E-state index contributed by atoms with van der Waals surface area (Å²) in [6.07, 6.45) is 5.24. The fourth-order valence-electron chi connectivity index (χ4n) is 4.60. The van der Waals surface area contributed by atoms with Crippen molar-refractivity contribution in [3.63, 3.8) is 0 Å². The first kappa shape index (κ1) is 17.7. The first-order chi connectivity index (χ1) is 12.6. The summed E-state index contributed by atoms with van der Waals surface area (Å²) < 4.78 is 1.94. The molecule has 1 aromatic carbocycles. The smallest absolute Gasteiger partial charge is 0.108 e. The van der Waals surface area contributed by atoms with E-state index in [4.69, 9.17) is 0 Å². The third kappa shape index (κ3) is 3.20. The third-order valence-electron chi connectivity index (χ3n) is 6.38. The number of rotatable bonds is 4. The summed E-state index contributed by atoms with van der Waals surface area (Å²) in [4.78, 5) is 5.00. The molecule has 2 fully saturated rings. The van der Waals surface area contributed by atoms with E-state index >= 15 is 0 Å². The van der Waals surface area contributed by atoms with E-state index in [1.54, 1.807) is 0 Å². The molecule has 2 saturated heterocycles. The first-order valence-corrected chi connectivity index (χ1v) is 9.80. The summed E-state index contributed by atoms with van der Waals surface area (Å²) in [6, 6.07) is 10.4. The Morgan fingerprint density at radius 3 is 2.54 bits per heavy atom. The third-order valence-corrected chi connectivity index (χ3v) is 6.38. The molecule has 5 heteroatoms. The van der Waals surface area contributed by atoms with Crippen molar-refractivity contribution < 1.29 is 5.11 Å². The van der Waals surface area contributed by atoms with Gasteiger partial charge >= 0.3 is 0 Å². The predicted octanol–water partition coefficient (Wildman–Crippen LogP) is 2.29. The van der Waals surface area contributed by atoms with Gasteiger partial charge in [-0.15, -0.1) is 0 Å². The van der Waals surface area contributed by atoms with Crippen molar-refractivity contribution in [1.29, 1.82) is 0 Å². The lowest BCUT2D eigenvalue weighted by molar-refractivity contribution is -0.0959. The van der Waals surface area contributed by atoms with Crippen LogP contribution in [0.4, 0.5) is 0 Å². The number of piperidine rings is 1. The number of aryl methyl sites for hydroxylation is 1. The summed E-state index contributed by atoms with van der Waals surface area (Å²) in [5, 5.41) is 16.1. The normalized spacial score (nSPS) is 27.9. The summed E-state index contributed by atoms with van der Waals surface area (Å²) in [5.41, 5.74) is 2.82. The highest BCUT2D eigenvalue weighted by Crippen LogP contribution is 2.37.